The largest absolute Gasteiger partial charge is 0.0930 e. The molecule has 0 bridgehead atoms. The topological polar surface area (TPSA) is 48.8 Å². The fourth-order valence-electron chi connectivity index (χ4n) is 1.85. The SMILES string of the molecule is CC1=C([Si](C)(C)C)C1CN=[N+]=[N-]. The maximum Gasteiger partial charge on any atom is 0.0731 e. The molecule has 1 rings (SSSR count). The van der Waals surface area contributed by atoms with E-state index in [1.807, 2.05) is 0 Å². The minimum Gasteiger partial charge on any atom is -0.0930 e. The van der Waals surface area contributed by atoms with Crippen molar-refractivity contribution in [3.8, 4) is 0 Å². The van der Waals surface area contributed by atoms with Crippen LogP contribution in [-0.2, 0) is 0 Å². The monoisotopic (exact) mass is 181 g/mol. The fraction of sp³-hybridized carbons (Fsp3) is 0.750. The van der Waals surface area contributed by atoms with Gasteiger partial charge in [0.1, 0.15) is 0 Å². The average molecular weight is 181 g/mol. The molecule has 0 heterocycles. The molecule has 1 aliphatic rings. The Kier molecular flexibility index (Phi) is 2.31. The highest BCUT2D eigenvalue weighted by Gasteiger charge is 2.40. The van der Waals surface area contributed by atoms with Crippen LogP contribution >= 0.6 is 0 Å². The zero-order valence-corrected chi connectivity index (χ0v) is 9.13. The van der Waals surface area contributed by atoms with Crippen LogP contribution in [0.4, 0.5) is 0 Å². The Balaban J connectivity index is 2.56. The van der Waals surface area contributed by atoms with Crippen LogP contribution in [0.2, 0.25) is 19.6 Å². The highest BCUT2D eigenvalue weighted by Crippen LogP contribution is 2.44. The zero-order chi connectivity index (χ0) is 9.35. The molecule has 0 saturated heterocycles. The summed E-state index contributed by atoms with van der Waals surface area (Å²) < 4.78 is 0. The van der Waals surface area contributed by atoms with Crippen molar-refractivity contribution in [2.45, 2.75) is 26.6 Å². The maximum absolute atomic E-state index is 8.17. The van der Waals surface area contributed by atoms with Gasteiger partial charge in [-0.3, -0.25) is 0 Å². The zero-order valence-electron chi connectivity index (χ0n) is 8.13. The lowest BCUT2D eigenvalue weighted by molar-refractivity contribution is 0.866. The van der Waals surface area contributed by atoms with E-state index in [-0.39, 0.29) is 0 Å². The highest BCUT2D eigenvalue weighted by atomic mass is 28.3. The van der Waals surface area contributed by atoms with E-state index < -0.39 is 8.07 Å². The highest BCUT2D eigenvalue weighted by molar-refractivity contribution is 6.84. The number of hydrogen-bond acceptors (Lipinski definition) is 1. The average Bonchev–Trinajstić information content (AvgIpc) is 2.56. The van der Waals surface area contributed by atoms with Gasteiger partial charge in [0.05, 0.1) is 8.07 Å². The summed E-state index contributed by atoms with van der Waals surface area (Å²) >= 11 is 0. The van der Waals surface area contributed by atoms with Crippen LogP contribution in [0.1, 0.15) is 6.92 Å². The molecule has 0 fully saturated rings. The minimum atomic E-state index is -1.10. The van der Waals surface area contributed by atoms with Crippen molar-refractivity contribution >= 4 is 8.07 Å². The molecular formula is C8H15N3Si. The Labute approximate surface area is 74.1 Å². The normalized spacial score (nSPS) is 22.2. The molecule has 0 aromatic rings. The van der Waals surface area contributed by atoms with E-state index in [1.165, 1.54) is 5.57 Å². The second kappa shape index (κ2) is 2.96. The third-order valence-electron chi connectivity index (χ3n) is 2.35. The van der Waals surface area contributed by atoms with Crippen LogP contribution in [-0.4, -0.2) is 14.6 Å². The summed E-state index contributed by atoms with van der Waals surface area (Å²) in [6.07, 6.45) is 0. The molecule has 0 N–H and O–H groups in total. The molecule has 0 spiro atoms. The van der Waals surface area contributed by atoms with Gasteiger partial charge in [-0.05, 0) is 12.5 Å². The van der Waals surface area contributed by atoms with Crippen LogP contribution < -0.4 is 0 Å². The first kappa shape index (κ1) is 9.36. The van der Waals surface area contributed by atoms with E-state index in [0.29, 0.717) is 12.5 Å². The van der Waals surface area contributed by atoms with Crippen molar-refractivity contribution in [3.63, 3.8) is 0 Å². The standard InChI is InChI=1S/C8H15N3Si/c1-6-7(5-10-11-9)8(6)12(2,3)4/h7H,5H2,1-4H3. The molecule has 12 heavy (non-hydrogen) atoms. The van der Waals surface area contributed by atoms with Crippen LogP contribution in [0.15, 0.2) is 15.9 Å². The molecule has 66 valence electrons. The predicted octanol–water partition coefficient (Wildman–Crippen LogP) is 3.12. The van der Waals surface area contributed by atoms with Crippen molar-refractivity contribution < 1.29 is 0 Å². The van der Waals surface area contributed by atoms with Gasteiger partial charge in [-0.15, -0.1) is 0 Å². The van der Waals surface area contributed by atoms with E-state index in [0.717, 1.165) is 0 Å². The summed E-state index contributed by atoms with van der Waals surface area (Å²) in [6, 6.07) is 0. The van der Waals surface area contributed by atoms with Gasteiger partial charge >= 0.3 is 0 Å². The van der Waals surface area contributed by atoms with Crippen molar-refractivity contribution in [3.05, 3.63) is 21.2 Å². The van der Waals surface area contributed by atoms with Crippen molar-refractivity contribution in [1.29, 1.82) is 0 Å². The van der Waals surface area contributed by atoms with Crippen LogP contribution in [0.5, 0.6) is 0 Å². The Morgan fingerprint density at radius 3 is 2.42 bits per heavy atom. The van der Waals surface area contributed by atoms with Gasteiger partial charge in [0.25, 0.3) is 0 Å². The molecule has 0 radical (unpaired) electrons. The lowest BCUT2D eigenvalue weighted by Crippen LogP contribution is -2.20. The Bertz CT molecular complexity index is 269. The molecule has 1 unspecified atom stereocenters. The van der Waals surface area contributed by atoms with Crippen molar-refractivity contribution in [1.82, 2.24) is 0 Å². The first-order valence-electron chi connectivity index (χ1n) is 4.20. The molecular weight excluding hydrogens is 166 g/mol. The summed E-state index contributed by atoms with van der Waals surface area (Å²) in [5.74, 6) is 0.521. The summed E-state index contributed by atoms with van der Waals surface area (Å²) in [4.78, 5) is 2.78. The number of hydrogen-bond donors (Lipinski definition) is 0. The predicted molar refractivity (Wildman–Crippen MR) is 53.5 cm³/mol. The van der Waals surface area contributed by atoms with E-state index >= 15 is 0 Å². The summed E-state index contributed by atoms with van der Waals surface area (Å²) in [5, 5.41) is 5.22. The minimum absolute atomic E-state index is 0.521. The molecule has 4 heteroatoms. The van der Waals surface area contributed by atoms with Crippen LogP contribution in [0.3, 0.4) is 0 Å². The van der Waals surface area contributed by atoms with Crippen molar-refractivity contribution in [2.24, 2.45) is 11.0 Å². The first-order chi connectivity index (χ1) is 5.48. The van der Waals surface area contributed by atoms with Gasteiger partial charge in [0.15, 0.2) is 0 Å². The van der Waals surface area contributed by atoms with E-state index in [4.69, 9.17) is 5.53 Å². The quantitative estimate of drug-likeness (QED) is 0.278. The molecule has 0 aliphatic heterocycles. The van der Waals surface area contributed by atoms with Gasteiger partial charge in [-0.25, -0.2) is 0 Å². The lowest BCUT2D eigenvalue weighted by atomic mass is 10.3. The maximum atomic E-state index is 8.17. The molecule has 3 nitrogen and oxygen atoms in total. The fourth-order valence-corrected chi connectivity index (χ4v) is 4.49. The second-order valence-corrected chi connectivity index (χ2v) is 9.35. The summed E-state index contributed by atoms with van der Waals surface area (Å²) in [5.41, 5.74) is 9.64. The van der Waals surface area contributed by atoms with Crippen molar-refractivity contribution in [2.75, 3.05) is 6.54 Å². The Hall–Kier alpha value is -0.733. The molecule has 0 aromatic carbocycles. The van der Waals surface area contributed by atoms with Gasteiger partial charge in [-0.1, -0.05) is 35.5 Å². The van der Waals surface area contributed by atoms with Gasteiger partial charge in [0.2, 0.25) is 0 Å². The third-order valence-corrected chi connectivity index (χ3v) is 4.71. The van der Waals surface area contributed by atoms with Gasteiger partial charge in [-0.2, -0.15) is 0 Å². The number of nitrogens with zero attached hydrogens (tertiary/aromatic N) is 3. The molecule has 1 atom stereocenters. The molecule has 0 amide bonds. The van der Waals surface area contributed by atoms with E-state index in [2.05, 4.69) is 36.6 Å². The Morgan fingerprint density at radius 1 is 1.50 bits per heavy atom. The second-order valence-electron chi connectivity index (χ2n) is 4.31. The number of azide groups is 1. The van der Waals surface area contributed by atoms with Crippen LogP contribution in [0, 0.1) is 5.92 Å². The Morgan fingerprint density at radius 2 is 2.08 bits per heavy atom. The smallest absolute Gasteiger partial charge is 0.0731 e. The van der Waals surface area contributed by atoms with E-state index in [1.54, 1.807) is 5.20 Å². The first-order valence-corrected chi connectivity index (χ1v) is 7.70. The third kappa shape index (κ3) is 1.71. The van der Waals surface area contributed by atoms with E-state index in [9.17, 15) is 0 Å². The molecule has 1 aliphatic carbocycles. The lowest BCUT2D eigenvalue weighted by Gasteiger charge is -2.12. The van der Waals surface area contributed by atoms with Crippen LogP contribution in [0.25, 0.3) is 10.4 Å². The molecule has 0 saturated carbocycles. The van der Waals surface area contributed by atoms with Gasteiger partial charge < -0.3 is 0 Å². The number of rotatable bonds is 3. The van der Waals surface area contributed by atoms with Gasteiger partial charge in [0, 0.05) is 17.4 Å². The summed E-state index contributed by atoms with van der Waals surface area (Å²) in [7, 11) is -1.10. The summed E-state index contributed by atoms with van der Waals surface area (Å²) in [6.45, 7) is 9.80. The molecule has 0 aromatic heterocycles.